The van der Waals surface area contributed by atoms with Gasteiger partial charge in [-0.3, -0.25) is 9.69 Å². The molecule has 12 heteroatoms. The van der Waals surface area contributed by atoms with Crippen molar-refractivity contribution in [3.8, 4) is 0 Å². The predicted molar refractivity (Wildman–Crippen MR) is 135 cm³/mol. The molecule has 4 aliphatic rings. The fourth-order valence-electron chi connectivity index (χ4n) is 5.29. The summed E-state index contributed by atoms with van der Waals surface area (Å²) in [6.07, 6.45) is 5.30. The minimum absolute atomic E-state index is 0.0813. The summed E-state index contributed by atoms with van der Waals surface area (Å²) in [5.74, 6) is 0.293. The minimum Gasteiger partial charge on any atom is -0.462 e. The van der Waals surface area contributed by atoms with E-state index in [-0.39, 0.29) is 6.04 Å². The second-order valence-corrected chi connectivity index (χ2v) is 10.5. The molecule has 0 aromatic carbocycles. The largest absolute Gasteiger partial charge is 0.462 e. The molecule has 3 saturated heterocycles. The van der Waals surface area contributed by atoms with Gasteiger partial charge in [0.15, 0.2) is 16.6 Å². The summed E-state index contributed by atoms with van der Waals surface area (Å²) in [5.41, 5.74) is 13.9. The molecule has 1 amide bonds. The van der Waals surface area contributed by atoms with Crippen LogP contribution in [0.15, 0.2) is 18.0 Å². The van der Waals surface area contributed by atoms with Crippen molar-refractivity contribution in [1.82, 2.24) is 14.9 Å². The fraction of sp³-hybridized carbons (Fsp3) is 0.609. The maximum absolute atomic E-state index is 12.5. The molecule has 2 aromatic rings. The van der Waals surface area contributed by atoms with Crippen molar-refractivity contribution < 1.29 is 14.3 Å². The summed E-state index contributed by atoms with van der Waals surface area (Å²) < 4.78 is 12.5. The molecule has 4 aliphatic heterocycles. The number of piperidine rings is 1. The molecule has 35 heavy (non-hydrogen) atoms. The summed E-state index contributed by atoms with van der Waals surface area (Å²) in [6.45, 7) is 6.34. The Morgan fingerprint density at radius 3 is 2.57 bits per heavy atom. The minimum atomic E-state index is -0.529. The van der Waals surface area contributed by atoms with Gasteiger partial charge in [0, 0.05) is 45.3 Å². The molecular formula is C23H32N8O3S. The van der Waals surface area contributed by atoms with E-state index in [1.54, 1.807) is 11.3 Å². The Hall–Kier alpha value is -2.67. The number of nitrogens with two attached hydrogens (primary N) is 2. The van der Waals surface area contributed by atoms with Crippen LogP contribution in [0.3, 0.4) is 0 Å². The van der Waals surface area contributed by atoms with Gasteiger partial charge in [0.2, 0.25) is 6.35 Å². The number of thiazole rings is 1. The number of aromatic nitrogens is 2. The number of hydrogen-bond donors (Lipinski definition) is 2. The van der Waals surface area contributed by atoms with Crippen LogP contribution in [0.5, 0.6) is 0 Å². The molecule has 0 aliphatic carbocycles. The molecule has 2 aromatic heterocycles. The average Bonchev–Trinajstić information content (AvgIpc) is 3.61. The number of anilines is 3. The Labute approximate surface area is 208 Å². The molecule has 0 radical (unpaired) electrons. The van der Waals surface area contributed by atoms with Crippen LogP contribution in [0.4, 0.5) is 16.6 Å². The van der Waals surface area contributed by atoms with Crippen LogP contribution in [0.2, 0.25) is 0 Å². The van der Waals surface area contributed by atoms with Gasteiger partial charge in [-0.2, -0.15) is 4.98 Å². The third-order valence-electron chi connectivity index (χ3n) is 7.13. The number of carbonyl (C=O) groups excluding carboxylic acids is 1. The maximum Gasteiger partial charge on any atom is 0.268 e. The number of amides is 1. The van der Waals surface area contributed by atoms with E-state index in [2.05, 4.69) is 20.8 Å². The lowest BCUT2D eigenvalue weighted by Crippen LogP contribution is -2.48. The molecule has 188 valence electrons. The Morgan fingerprint density at radius 2 is 1.86 bits per heavy atom. The van der Waals surface area contributed by atoms with Gasteiger partial charge in [-0.15, -0.1) is 0 Å². The zero-order valence-corrected chi connectivity index (χ0v) is 20.6. The number of likely N-dealkylation sites (tertiary alicyclic amines) is 1. The maximum atomic E-state index is 12.5. The van der Waals surface area contributed by atoms with E-state index < -0.39 is 12.3 Å². The number of primary amides is 1. The van der Waals surface area contributed by atoms with Crippen molar-refractivity contribution in [2.75, 3.05) is 67.2 Å². The second-order valence-electron chi connectivity index (χ2n) is 9.54. The number of fused-ring (bicyclic) bond motifs is 1. The van der Waals surface area contributed by atoms with Gasteiger partial charge in [-0.25, -0.2) is 9.88 Å². The first-order valence-corrected chi connectivity index (χ1v) is 13.2. The highest BCUT2D eigenvalue weighted by Gasteiger charge is 2.41. The second kappa shape index (κ2) is 9.41. The third kappa shape index (κ3) is 4.28. The average molecular weight is 501 g/mol. The van der Waals surface area contributed by atoms with Gasteiger partial charge < -0.3 is 30.7 Å². The van der Waals surface area contributed by atoms with Crippen molar-refractivity contribution in [2.45, 2.75) is 38.1 Å². The Morgan fingerprint density at radius 1 is 1.06 bits per heavy atom. The number of hydrogen-bond acceptors (Lipinski definition) is 11. The summed E-state index contributed by atoms with van der Waals surface area (Å²) in [5, 5.41) is 0.947. The lowest BCUT2D eigenvalue weighted by Gasteiger charge is -2.36. The monoisotopic (exact) mass is 500 g/mol. The van der Waals surface area contributed by atoms with Crippen LogP contribution >= 0.6 is 11.3 Å². The first-order valence-electron chi connectivity index (χ1n) is 12.4. The van der Waals surface area contributed by atoms with Crippen molar-refractivity contribution >= 4 is 44.2 Å². The highest BCUT2D eigenvalue weighted by molar-refractivity contribution is 7.22. The first-order chi connectivity index (χ1) is 17.1. The number of ether oxygens (including phenoxy) is 2. The number of rotatable bonds is 5. The molecule has 0 saturated carbocycles. The number of pyridine rings is 1. The molecule has 6 heterocycles. The van der Waals surface area contributed by atoms with Crippen LogP contribution in [0, 0.1) is 0 Å². The van der Waals surface area contributed by atoms with Crippen LogP contribution in [0.1, 0.15) is 25.7 Å². The van der Waals surface area contributed by atoms with E-state index in [9.17, 15) is 4.79 Å². The molecule has 11 nitrogen and oxygen atoms in total. The van der Waals surface area contributed by atoms with E-state index in [1.807, 2.05) is 4.90 Å². The predicted octanol–water partition coefficient (Wildman–Crippen LogP) is 0.998. The van der Waals surface area contributed by atoms with Gasteiger partial charge in [0.05, 0.1) is 23.6 Å². The summed E-state index contributed by atoms with van der Waals surface area (Å²) in [4.78, 5) is 31.1. The Kier molecular flexibility index (Phi) is 6.13. The zero-order chi connectivity index (χ0) is 23.9. The Bertz CT molecular complexity index is 1130. The van der Waals surface area contributed by atoms with E-state index in [0.717, 1.165) is 79.0 Å². The van der Waals surface area contributed by atoms with E-state index in [1.165, 1.54) is 12.7 Å². The summed E-state index contributed by atoms with van der Waals surface area (Å²) in [6, 6.07) is 2.18. The van der Waals surface area contributed by atoms with Crippen molar-refractivity contribution in [3.05, 3.63) is 18.0 Å². The van der Waals surface area contributed by atoms with Crippen LogP contribution < -0.4 is 26.2 Å². The van der Waals surface area contributed by atoms with Crippen molar-refractivity contribution in [1.29, 1.82) is 0 Å². The van der Waals surface area contributed by atoms with Gasteiger partial charge in [0.1, 0.15) is 12.0 Å². The van der Waals surface area contributed by atoms with Gasteiger partial charge in [-0.1, -0.05) is 11.3 Å². The summed E-state index contributed by atoms with van der Waals surface area (Å²) in [7, 11) is 0. The molecule has 0 bridgehead atoms. The SMILES string of the molecule is NC(=O)C1=CO[C@@H](N2CCC(N)C2)N1c1cc2sc(N3CCOCC3)nc2nc1N1CCCCC1. The van der Waals surface area contributed by atoms with E-state index in [0.29, 0.717) is 25.5 Å². The highest BCUT2D eigenvalue weighted by atomic mass is 32.1. The van der Waals surface area contributed by atoms with E-state index >= 15 is 0 Å². The van der Waals surface area contributed by atoms with Crippen LogP contribution in [0.25, 0.3) is 10.3 Å². The first kappa shape index (κ1) is 22.8. The zero-order valence-electron chi connectivity index (χ0n) is 19.8. The third-order valence-corrected chi connectivity index (χ3v) is 8.18. The molecule has 0 spiro atoms. The summed E-state index contributed by atoms with van der Waals surface area (Å²) >= 11 is 1.62. The number of nitrogens with zero attached hydrogens (tertiary/aromatic N) is 6. The molecular weight excluding hydrogens is 468 g/mol. The van der Waals surface area contributed by atoms with Crippen molar-refractivity contribution in [2.24, 2.45) is 11.5 Å². The lowest BCUT2D eigenvalue weighted by atomic mass is 10.1. The standard InChI is InChI=1S/C23H32N8O3S/c24-15-4-7-30(13-15)23-31(17(14-34-23)19(25)32)16-12-18-20(26-21(16)28-5-2-1-3-6-28)27-22(35-18)29-8-10-33-11-9-29/h12,14-15,23H,1-11,13,24H2,(H2,25,32)/t15?,23-/m0/s1. The van der Waals surface area contributed by atoms with Crippen LogP contribution in [-0.2, 0) is 14.3 Å². The van der Waals surface area contributed by atoms with Gasteiger partial charge in [0.25, 0.3) is 5.91 Å². The van der Waals surface area contributed by atoms with Gasteiger partial charge in [-0.05, 0) is 31.7 Å². The highest BCUT2D eigenvalue weighted by Crippen LogP contribution is 2.41. The van der Waals surface area contributed by atoms with Gasteiger partial charge >= 0.3 is 0 Å². The lowest BCUT2D eigenvalue weighted by molar-refractivity contribution is -0.114. The number of morpholine rings is 1. The van der Waals surface area contributed by atoms with E-state index in [4.69, 9.17) is 30.9 Å². The smallest absolute Gasteiger partial charge is 0.268 e. The molecule has 3 fully saturated rings. The molecule has 2 atom stereocenters. The molecule has 4 N–H and O–H groups in total. The molecule has 1 unspecified atom stereocenters. The number of carbonyl (C=O) groups is 1. The van der Waals surface area contributed by atoms with Crippen LogP contribution in [-0.4, -0.2) is 85.7 Å². The molecule has 6 rings (SSSR count). The normalized spacial score (nSPS) is 25.9. The fourth-order valence-corrected chi connectivity index (χ4v) is 6.29. The van der Waals surface area contributed by atoms with Crippen molar-refractivity contribution in [3.63, 3.8) is 0 Å². The Balaban J connectivity index is 1.45. The topological polar surface area (TPSA) is 126 Å². The quantitative estimate of drug-likeness (QED) is 0.614.